The molecule has 0 atom stereocenters. The van der Waals surface area contributed by atoms with Crippen LogP contribution in [0, 0.1) is 0 Å². The van der Waals surface area contributed by atoms with Gasteiger partial charge in [0.05, 0.1) is 18.1 Å². The maximum Gasteiger partial charge on any atom is 0.121 e. The fraction of sp³-hybridized carbons (Fsp3) is 0.533. The van der Waals surface area contributed by atoms with Crippen LogP contribution >= 0.6 is 0 Å². The van der Waals surface area contributed by atoms with Crippen LogP contribution in [0.5, 0.6) is 5.75 Å². The molecule has 3 heteroatoms. The monoisotopic (exact) mass is 246 g/mol. The van der Waals surface area contributed by atoms with E-state index in [1.165, 1.54) is 24.2 Å². The molecule has 0 unspecified atom stereocenters. The van der Waals surface area contributed by atoms with Gasteiger partial charge in [-0.05, 0) is 18.6 Å². The van der Waals surface area contributed by atoms with Gasteiger partial charge in [-0.25, -0.2) is 4.98 Å². The summed E-state index contributed by atoms with van der Waals surface area (Å²) in [4.78, 5) is 4.76. The number of rotatable bonds is 5. The lowest BCUT2D eigenvalue weighted by molar-refractivity contribution is 0.415. The quantitative estimate of drug-likeness (QED) is 0.798. The molecule has 0 radical (unpaired) electrons. The highest BCUT2D eigenvalue weighted by atomic mass is 16.5. The number of ether oxygens (including phenoxy) is 1. The lowest BCUT2D eigenvalue weighted by Crippen LogP contribution is -2.05. The van der Waals surface area contributed by atoms with E-state index in [4.69, 9.17) is 9.72 Å². The minimum absolute atomic E-state index is 0.445. The van der Waals surface area contributed by atoms with Gasteiger partial charge < -0.3 is 9.30 Å². The molecule has 1 heterocycles. The first kappa shape index (κ1) is 12.9. The highest BCUT2D eigenvalue weighted by Crippen LogP contribution is 2.25. The minimum atomic E-state index is 0.445. The van der Waals surface area contributed by atoms with Gasteiger partial charge in [-0.15, -0.1) is 0 Å². The largest absolute Gasteiger partial charge is 0.497 e. The van der Waals surface area contributed by atoms with E-state index in [0.29, 0.717) is 5.92 Å². The Morgan fingerprint density at radius 1 is 1.33 bits per heavy atom. The van der Waals surface area contributed by atoms with Gasteiger partial charge in [0, 0.05) is 18.5 Å². The third-order valence-electron chi connectivity index (χ3n) is 3.24. The zero-order valence-electron chi connectivity index (χ0n) is 11.7. The summed E-state index contributed by atoms with van der Waals surface area (Å²) in [6.45, 7) is 7.66. The Labute approximate surface area is 109 Å². The first-order valence-electron chi connectivity index (χ1n) is 6.71. The lowest BCUT2D eigenvalue weighted by Gasteiger charge is -2.10. The van der Waals surface area contributed by atoms with Crippen molar-refractivity contribution in [2.24, 2.45) is 0 Å². The number of methoxy groups -OCH3 is 1. The third kappa shape index (κ3) is 2.35. The smallest absolute Gasteiger partial charge is 0.121 e. The number of benzene rings is 1. The molecule has 1 aromatic carbocycles. The maximum absolute atomic E-state index is 5.26. The third-order valence-corrected chi connectivity index (χ3v) is 3.24. The number of nitrogens with zero attached hydrogens (tertiary/aromatic N) is 2. The van der Waals surface area contributed by atoms with Crippen molar-refractivity contribution < 1.29 is 4.74 Å². The fourth-order valence-electron chi connectivity index (χ4n) is 2.25. The Balaban J connectivity index is 2.52. The van der Waals surface area contributed by atoms with Crippen molar-refractivity contribution in [1.82, 2.24) is 9.55 Å². The topological polar surface area (TPSA) is 27.1 Å². The number of aryl methyl sites for hydroxylation is 1. The highest BCUT2D eigenvalue weighted by molar-refractivity contribution is 5.78. The van der Waals surface area contributed by atoms with Crippen LogP contribution in [0.15, 0.2) is 18.2 Å². The maximum atomic E-state index is 5.26. The second kappa shape index (κ2) is 5.42. The molecular weight excluding hydrogens is 224 g/mol. The molecule has 0 spiro atoms. The van der Waals surface area contributed by atoms with Crippen LogP contribution < -0.4 is 4.74 Å². The average Bonchev–Trinajstić information content (AvgIpc) is 2.74. The second-order valence-corrected chi connectivity index (χ2v) is 4.98. The van der Waals surface area contributed by atoms with Crippen LogP contribution in [0.1, 0.15) is 45.4 Å². The van der Waals surface area contributed by atoms with Crippen molar-refractivity contribution in [3.05, 3.63) is 24.0 Å². The second-order valence-electron chi connectivity index (χ2n) is 4.98. The number of aromatic nitrogens is 2. The summed E-state index contributed by atoms with van der Waals surface area (Å²) in [5.41, 5.74) is 2.25. The fourth-order valence-corrected chi connectivity index (χ4v) is 2.25. The van der Waals surface area contributed by atoms with Gasteiger partial charge >= 0.3 is 0 Å². The SMILES string of the molecule is CCCCn1c(C(C)C)nc2cc(OC)ccc21. The van der Waals surface area contributed by atoms with E-state index < -0.39 is 0 Å². The summed E-state index contributed by atoms with van der Waals surface area (Å²) < 4.78 is 7.61. The summed E-state index contributed by atoms with van der Waals surface area (Å²) in [5.74, 6) is 2.49. The lowest BCUT2D eigenvalue weighted by atomic mass is 10.2. The molecule has 0 fully saturated rings. The van der Waals surface area contributed by atoms with Gasteiger partial charge in [0.2, 0.25) is 0 Å². The molecule has 0 bridgehead atoms. The van der Waals surface area contributed by atoms with Gasteiger partial charge in [-0.3, -0.25) is 0 Å². The van der Waals surface area contributed by atoms with Gasteiger partial charge in [-0.1, -0.05) is 27.2 Å². The van der Waals surface area contributed by atoms with Crippen molar-refractivity contribution in [3.8, 4) is 5.75 Å². The Bertz CT molecular complexity index is 529. The number of fused-ring (bicyclic) bond motifs is 1. The Morgan fingerprint density at radius 2 is 2.11 bits per heavy atom. The predicted molar refractivity (Wildman–Crippen MR) is 75.3 cm³/mol. The number of unbranched alkanes of at least 4 members (excludes halogenated alkanes) is 1. The van der Waals surface area contributed by atoms with Gasteiger partial charge in [0.1, 0.15) is 11.6 Å². The van der Waals surface area contributed by atoms with Crippen LogP contribution in [0.4, 0.5) is 0 Å². The van der Waals surface area contributed by atoms with E-state index in [1.54, 1.807) is 7.11 Å². The van der Waals surface area contributed by atoms with Crippen LogP contribution in [-0.4, -0.2) is 16.7 Å². The van der Waals surface area contributed by atoms with Gasteiger partial charge in [0.15, 0.2) is 0 Å². The Hall–Kier alpha value is -1.51. The molecule has 0 N–H and O–H groups in total. The molecule has 0 saturated heterocycles. The normalized spacial score (nSPS) is 11.4. The van der Waals surface area contributed by atoms with E-state index in [-0.39, 0.29) is 0 Å². The molecule has 2 aromatic rings. The first-order chi connectivity index (χ1) is 8.67. The van der Waals surface area contributed by atoms with Crippen molar-refractivity contribution in [2.45, 2.75) is 46.1 Å². The summed E-state index contributed by atoms with van der Waals surface area (Å²) in [6.07, 6.45) is 2.39. The summed E-state index contributed by atoms with van der Waals surface area (Å²) in [7, 11) is 1.69. The van der Waals surface area contributed by atoms with Crippen molar-refractivity contribution in [2.75, 3.05) is 7.11 Å². The minimum Gasteiger partial charge on any atom is -0.497 e. The molecule has 3 nitrogen and oxygen atoms in total. The molecule has 0 amide bonds. The standard InChI is InChI=1S/C15H22N2O/c1-5-6-9-17-14-8-7-12(18-4)10-13(14)16-15(17)11(2)3/h7-8,10-11H,5-6,9H2,1-4H3. The van der Waals surface area contributed by atoms with Gasteiger partial charge in [0.25, 0.3) is 0 Å². The van der Waals surface area contributed by atoms with Crippen LogP contribution in [0.25, 0.3) is 11.0 Å². The molecule has 0 aliphatic carbocycles. The van der Waals surface area contributed by atoms with Crippen LogP contribution in [0.3, 0.4) is 0 Å². The molecule has 0 saturated carbocycles. The van der Waals surface area contributed by atoms with E-state index in [2.05, 4.69) is 31.4 Å². The zero-order valence-corrected chi connectivity index (χ0v) is 11.7. The van der Waals surface area contributed by atoms with E-state index >= 15 is 0 Å². The molecular formula is C15H22N2O. The zero-order chi connectivity index (χ0) is 13.1. The van der Waals surface area contributed by atoms with E-state index in [0.717, 1.165) is 17.8 Å². The molecule has 0 aliphatic heterocycles. The van der Waals surface area contributed by atoms with Crippen LogP contribution in [0.2, 0.25) is 0 Å². The van der Waals surface area contributed by atoms with Gasteiger partial charge in [-0.2, -0.15) is 0 Å². The summed E-state index contributed by atoms with van der Waals surface area (Å²) in [6, 6.07) is 6.14. The average molecular weight is 246 g/mol. The molecule has 2 rings (SSSR count). The molecule has 1 aromatic heterocycles. The number of imidazole rings is 1. The summed E-state index contributed by atoms with van der Waals surface area (Å²) in [5, 5.41) is 0. The highest BCUT2D eigenvalue weighted by Gasteiger charge is 2.13. The van der Waals surface area contributed by atoms with Crippen molar-refractivity contribution in [3.63, 3.8) is 0 Å². The molecule has 0 aliphatic rings. The van der Waals surface area contributed by atoms with E-state index in [1.807, 2.05) is 12.1 Å². The first-order valence-corrected chi connectivity index (χ1v) is 6.71. The predicted octanol–water partition coefficient (Wildman–Crippen LogP) is 3.97. The summed E-state index contributed by atoms with van der Waals surface area (Å²) >= 11 is 0. The number of hydrogen-bond donors (Lipinski definition) is 0. The van der Waals surface area contributed by atoms with Crippen molar-refractivity contribution in [1.29, 1.82) is 0 Å². The molecule has 98 valence electrons. The van der Waals surface area contributed by atoms with E-state index in [9.17, 15) is 0 Å². The van der Waals surface area contributed by atoms with Crippen molar-refractivity contribution >= 4 is 11.0 Å². The van der Waals surface area contributed by atoms with Crippen LogP contribution in [-0.2, 0) is 6.54 Å². The Morgan fingerprint density at radius 3 is 2.72 bits per heavy atom. The number of hydrogen-bond acceptors (Lipinski definition) is 2. The Kier molecular flexibility index (Phi) is 3.90. The molecule has 18 heavy (non-hydrogen) atoms.